The number of halogens is 1. The lowest BCUT2D eigenvalue weighted by Gasteiger charge is -2.14. The highest BCUT2D eigenvalue weighted by Gasteiger charge is 2.19. The number of para-hydroxylation sites is 1. The Kier molecular flexibility index (Phi) is 4.52. The predicted octanol–water partition coefficient (Wildman–Crippen LogP) is 2.70. The van der Waals surface area contributed by atoms with Crippen LogP contribution in [0.15, 0.2) is 18.2 Å². The number of nitrogens with zero attached hydrogens (tertiary/aromatic N) is 1. The van der Waals surface area contributed by atoms with E-state index in [0.717, 1.165) is 0 Å². The van der Waals surface area contributed by atoms with Crippen LogP contribution in [0.2, 0.25) is 5.02 Å². The lowest BCUT2D eigenvalue weighted by Crippen LogP contribution is -2.21. The molecule has 1 aromatic carbocycles. The second-order valence-corrected chi connectivity index (χ2v) is 3.80. The Labute approximate surface area is 98.5 Å². The zero-order valence-corrected chi connectivity index (χ0v) is 9.82. The van der Waals surface area contributed by atoms with Crippen molar-refractivity contribution in [1.29, 1.82) is 0 Å². The number of nitro groups is 1. The van der Waals surface area contributed by atoms with Crippen LogP contribution >= 0.6 is 11.6 Å². The molecule has 88 valence electrons. The summed E-state index contributed by atoms with van der Waals surface area (Å²) < 4.78 is 4.94. The summed E-state index contributed by atoms with van der Waals surface area (Å²) in [6, 6.07) is 4.75. The molecule has 1 unspecified atom stereocenters. The third-order valence-corrected chi connectivity index (χ3v) is 2.29. The van der Waals surface area contributed by atoms with Gasteiger partial charge in [-0.15, -0.1) is 0 Å². The van der Waals surface area contributed by atoms with E-state index in [0.29, 0.717) is 12.3 Å². The summed E-state index contributed by atoms with van der Waals surface area (Å²) in [6.45, 7) is 2.33. The van der Waals surface area contributed by atoms with Crippen LogP contribution in [-0.4, -0.2) is 24.7 Å². The van der Waals surface area contributed by atoms with E-state index in [4.69, 9.17) is 16.3 Å². The van der Waals surface area contributed by atoms with Crippen molar-refractivity contribution in [2.45, 2.75) is 13.0 Å². The monoisotopic (exact) mass is 244 g/mol. The molecule has 0 aliphatic carbocycles. The number of hydrogen-bond donors (Lipinski definition) is 1. The Morgan fingerprint density at radius 1 is 1.62 bits per heavy atom. The quantitative estimate of drug-likeness (QED) is 0.639. The van der Waals surface area contributed by atoms with Crippen LogP contribution in [0.4, 0.5) is 11.4 Å². The number of nitro benzene ring substituents is 1. The van der Waals surface area contributed by atoms with Crippen LogP contribution in [0, 0.1) is 10.1 Å². The lowest BCUT2D eigenvalue weighted by atomic mass is 10.2. The fourth-order valence-corrected chi connectivity index (χ4v) is 1.62. The van der Waals surface area contributed by atoms with Crippen molar-refractivity contribution in [3.05, 3.63) is 33.3 Å². The average molecular weight is 245 g/mol. The SMILES string of the molecule is COCC(C)Nc1cccc(Cl)c1[N+](=O)[O-]. The molecule has 1 N–H and O–H groups in total. The second kappa shape index (κ2) is 5.67. The minimum Gasteiger partial charge on any atom is -0.383 e. The van der Waals surface area contributed by atoms with Crippen molar-refractivity contribution in [1.82, 2.24) is 0 Å². The van der Waals surface area contributed by atoms with Gasteiger partial charge in [0.15, 0.2) is 0 Å². The third kappa shape index (κ3) is 3.08. The van der Waals surface area contributed by atoms with Gasteiger partial charge in [-0.1, -0.05) is 17.7 Å². The Morgan fingerprint density at radius 3 is 2.88 bits per heavy atom. The van der Waals surface area contributed by atoms with E-state index in [9.17, 15) is 10.1 Å². The molecule has 0 radical (unpaired) electrons. The van der Waals surface area contributed by atoms with Crippen molar-refractivity contribution in [2.75, 3.05) is 19.0 Å². The van der Waals surface area contributed by atoms with E-state index in [1.54, 1.807) is 19.2 Å². The third-order valence-electron chi connectivity index (χ3n) is 1.99. The summed E-state index contributed by atoms with van der Waals surface area (Å²) in [6.07, 6.45) is 0. The zero-order chi connectivity index (χ0) is 12.1. The fraction of sp³-hybridized carbons (Fsp3) is 0.400. The van der Waals surface area contributed by atoms with E-state index in [2.05, 4.69) is 5.32 Å². The molecule has 5 nitrogen and oxygen atoms in total. The Morgan fingerprint density at radius 2 is 2.31 bits per heavy atom. The van der Waals surface area contributed by atoms with Gasteiger partial charge < -0.3 is 10.1 Å². The summed E-state index contributed by atoms with van der Waals surface area (Å²) in [4.78, 5) is 10.3. The second-order valence-electron chi connectivity index (χ2n) is 3.39. The molecule has 0 spiro atoms. The van der Waals surface area contributed by atoms with Crippen LogP contribution in [0.5, 0.6) is 0 Å². The fourth-order valence-electron chi connectivity index (χ4n) is 1.37. The minimum absolute atomic E-state index is 0.0258. The van der Waals surface area contributed by atoms with Crippen LogP contribution in [0.3, 0.4) is 0 Å². The first kappa shape index (κ1) is 12.7. The lowest BCUT2D eigenvalue weighted by molar-refractivity contribution is -0.383. The summed E-state index contributed by atoms with van der Waals surface area (Å²) in [7, 11) is 1.57. The highest BCUT2D eigenvalue weighted by atomic mass is 35.5. The molecule has 0 fully saturated rings. The zero-order valence-electron chi connectivity index (χ0n) is 9.07. The molecule has 16 heavy (non-hydrogen) atoms. The van der Waals surface area contributed by atoms with E-state index < -0.39 is 4.92 Å². The van der Waals surface area contributed by atoms with Crippen LogP contribution < -0.4 is 5.32 Å². The van der Waals surface area contributed by atoms with Crippen molar-refractivity contribution < 1.29 is 9.66 Å². The molecule has 0 saturated carbocycles. The molecular formula is C10H13ClN2O3. The van der Waals surface area contributed by atoms with Gasteiger partial charge in [-0.05, 0) is 19.1 Å². The number of methoxy groups -OCH3 is 1. The van der Waals surface area contributed by atoms with E-state index >= 15 is 0 Å². The highest BCUT2D eigenvalue weighted by molar-refractivity contribution is 6.33. The van der Waals surface area contributed by atoms with Gasteiger partial charge in [0, 0.05) is 13.2 Å². The molecule has 0 heterocycles. The highest BCUT2D eigenvalue weighted by Crippen LogP contribution is 2.32. The minimum atomic E-state index is -0.496. The van der Waals surface area contributed by atoms with Gasteiger partial charge in [0.25, 0.3) is 0 Å². The topological polar surface area (TPSA) is 64.4 Å². The number of ether oxygens (including phenoxy) is 1. The standard InChI is InChI=1S/C10H13ClN2O3/c1-7(6-16-2)12-9-5-3-4-8(11)10(9)13(14)15/h3-5,7,12H,6H2,1-2H3. The molecule has 0 aromatic heterocycles. The Hall–Kier alpha value is -1.33. The molecule has 0 amide bonds. The van der Waals surface area contributed by atoms with Gasteiger partial charge in [-0.2, -0.15) is 0 Å². The molecule has 1 aromatic rings. The molecule has 1 rings (SSSR count). The van der Waals surface area contributed by atoms with Gasteiger partial charge >= 0.3 is 5.69 Å². The summed E-state index contributed by atoms with van der Waals surface area (Å²) >= 11 is 5.77. The summed E-state index contributed by atoms with van der Waals surface area (Å²) in [5, 5.41) is 13.9. The molecule has 0 aliphatic rings. The van der Waals surface area contributed by atoms with Gasteiger partial charge in [-0.3, -0.25) is 10.1 Å². The number of hydrogen-bond acceptors (Lipinski definition) is 4. The smallest absolute Gasteiger partial charge is 0.310 e. The van der Waals surface area contributed by atoms with Crippen molar-refractivity contribution in [2.24, 2.45) is 0 Å². The normalized spacial score (nSPS) is 12.2. The largest absolute Gasteiger partial charge is 0.383 e. The Bertz CT molecular complexity index is 384. The van der Waals surface area contributed by atoms with Gasteiger partial charge in [0.1, 0.15) is 10.7 Å². The van der Waals surface area contributed by atoms with Crippen LogP contribution in [0.1, 0.15) is 6.92 Å². The van der Waals surface area contributed by atoms with Crippen molar-refractivity contribution in [3.63, 3.8) is 0 Å². The first-order valence-corrected chi connectivity index (χ1v) is 5.12. The maximum atomic E-state index is 10.8. The van der Waals surface area contributed by atoms with E-state index in [1.165, 1.54) is 6.07 Å². The van der Waals surface area contributed by atoms with E-state index in [-0.39, 0.29) is 16.8 Å². The first-order valence-electron chi connectivity index (χ1n) is 4.74. The number of benzene rings is 1. The van der Waals surface area contributed by atoms with Crippen molar-refractivity contribution >= 4 is 23.0 Å². The molecule has 6 heteroatoms. The Balaban J connectivity index is 2.95. The maximum absolute atomic E-state index is 10.8. The van der Waals surface area contributed by atoms with Gasteiger partial charge in [0.05, 0.1) is 11.5 Å². The molecule has 1 atom stereocenters. The van der Waals surface area contributed by atoms with Crippen molar-refractivity contribution in [3.8, 4) is 0 Å². The molecular weight excluding hydrogens is 232 g/mol. The molecule has 0 saturated heterocycles. The predicted molar refractivity (Wildman–Crippen MR) is 63.1 cm³/mol. The number of nitrogens with one attached hydrogen (secondary N) is 1. The van der Waals surface area contributed by atoms with E-state index in [1.807, 2.05) is 6.92 Å². The maximum Gasteiger partial charge on any atom is 0.310 e. The number of rotatable bonds is 5. The van der Waals surface area contributed by atoms with Crippen LogP contribution in [0.25, 0.3) is 0 Å². The van der Waals surface area contributed by atoms with Gasteiger partial charge in [0.2, 0.25) is 0 Å². The average Bonchev–Trinajstić information content (AvgIpc) is 2.17. The molecule has 0 bridgehead atoms. The summed E-state index contributed by atoms with van der Waals surface area (Å²) in [5.74, 6) is 0. The summed E-state index contributed by atoms with van der Waals surface area (Å²) in [5.41, 5.74) is 0.300. The number of anilines is 1. The first-order chi connectivity index (χ1) is 7.56. The molecule has 0 aliphatic heterocycles. The van der Waals surface area contributed by atoms with Gasteiger partial charge in [-0.25, -0.2) is 0 Å². The van der Waals surface area contributed by atoms with Crippen LogP contribution in [-0.2, 0) is 4.74 Å².